The van der Waals surface area contributed by atoms with Gasteiger partial charge in [0, 0.05) is 32.0 Å². The number of aryl methyl sites for hydroxylation is 1. The van der Waals surface area contributed by atoms with Crippen LogP contribution in [-0.4, -0.2) is 36.3 Å². The van der Waals surface area contributed by atoms with Gasteiger partial charge in [0.2, 0.25) is 11.8 Å². The van der Waals surface area contributed by atoms with Crippen LogP contribution in [0.15, 0.2) is 30.3 Å². The quantitative estimate of drug-likeness (QED) is 0.835. The molecule has 4 nitrogen and oxygen atoms in total. The van der Waals surface area contributed by atoms with E-state index in [0.717, 1.165) is 38.8 Å². The summed E-state index contributed by atoms with van der Waals surface area (Å²) in [5, 5.41) is 3.00. The van der Waals surface area contributed by atoms with Crippen LogP contribution in [0.3, 0.4) is 0 Å². The summed E-state index contributed by atoms with van der Waals surface area (Å²) < 4.78 is 0. The second-order valence-electron chi connectivity index (χ2n) is 7.09. The predicted octanol–water partition coefficient (Wildman–Crippen LogP) is 3.02. The molecule has 1 aliphatic heterocycles. The van der Waals surface area contributed by atoms with E-state index in [2.05, 4.69) is 17.4 Å². The molecule has 1 aliphatic rings. The van der Waals surface area contributed by atoms with Crippen LogP contribution in [0.2, 0.25) is 0 Å². The highest BCUT2D eigenvalue weighted by molar-refractivity contribution is 5.78. The highest BCUT2D eigenvalue weighted by Gasteiger charge is 2.23. The molecule has 0 aromatic heterocycles. The van der Waals surface area contributed by atoms with Crippen molar-refractivity contribution in [3.8, 4) is 0 Å². The van der Waals surface area contributed by atoms with E-state index in [1.54, 1.807) is 0 Å². The van der Waals surface area contributed by atoms with Crippen molar-refractivity contribution in [1.29, 1.82) is 0 Å². The lowest BCUT2D eigenvalue weighted by atomic mass is 9.97. The Balaban J connectivity index is 1.70. The summed E-state index contributed by atoms with van der Waals surface area (Å²) in [6, 6.07) is 10.3. The zero-order chi connectivity index (χ0) is 17.4. The third kappa shape index (κ3) is 5.99. The fraction of sp³-hybridized carbons (Fsp3) is 0.600. The smallest absolute Gasteiger partial charge is 0.222 e. The summed E-state index contributed by atoms with van der Waals surface area (Å²) in [4.78, 5) is 26.1. The molecule has 24 heavy (non-hydrogen) atoms. The predicted molar refractivity (Wildman–Crippen MR) is 96.5 cm³/mol. The van der Waals surface area contributed by atoms with Gasteiger partial charge in [0.05, 0.1) is 0 Å². The largest absolute Gasteiger partial charge is 0.356 e. The number of carbonyl (C=O) groups excluding carboxylic acids is 2. The molecule has 1 atom stereocenters. The average molecular weight is 330 g/mol. The Labute approximate surface area is 145 Å². The van der Waals surface area contributed by atoms with Crippen molar-refractivity contribution in [1.82, 2.24) is 10.2 Å². The van der Waals surface area contributed by atoms with E-state index in [0.29, 0.717) is 18.9 Å². The lowest BCUT2D eigenvalue weighted by Crippen LogP contribution is -2.44. The minimum absolute atomic E-state index is 0.0179. The number of benzene rings is 1. The van der Waals surface area contributed by atoms with Crippen molar-refractivity contribution < 1.29 is 9.59 Å². The standard InChI is InChI=1S/C20H30N2O2/c1-16(2)20(24)21-14-18-11-7-13-22(15-18)19(23)12-6-10-17-8-4-3-5-9-17/h3-5,8-9,16,18H,6-7,10-15H2,1-2H3,(H,21,24)/t18-/m1/s1. The van der Waals surface area contributed by atoms with Crippen molar-refractivity contribution in [3.05, 3.63) is 35.9 Å². The van der Waals surface area contributed by atoms with Gasteiger partial charge in [-0.15, -0.1) is 0 Å². The van der Waals surface area contributed by atoms with E-state index >= 15 is 0 Å². The summed E-state index contributed by atoms with van der Waals surface area (Å²) in [6.45, 7) is 6.13. The summed E-state index contributed by atoms with van der Waals surface area (Å²) in [6.07, 6.45) is 4.58. The first-order valence-corrected chi connectivity index (χ1v) is 9.15. The molecule has 1 aromatic rings. The Morgan fingerprint density at radius 1 is 1.25 bits per heavy atom. The van der Waals surface area contributed by atoms with E-state index in [1.165, 1.54) is 5.56 Å². The van der Waals surface area contributed by atoms with Crippen LogP contribution in [-0.2, 0) is 16.0 Å². The fourth-order valence-corrected chi connectivity index (χ4v) is 3.15. The van der Waals surface area contributed by atoms with Crippen molar-refractivity contribution in [3.63, 3.8) is 0 Å². The number of rotatable bonds is 7. The second kappa shape index (κ2) is 9.45. The first-order valence-electron chi connectivity index (χ1n) is 9.15. The lowest BCUT2D eigenvalue weighted by Gasteiger charge is -2.33. The maximum Gasteiger partial charge on any atom is 0.222 e. The number of piperidine rings is 1. The van der Waals surface area contributed by atoms with Crippen LogP contribution in [0.25, 0.3) is 0 Å². The van der Waals surface area contributed by atoms with Gasteiger partial charge in [0.25, 0.3) is 0 Å². The Morgan fingerprint density at radius 3 is 2.71 bits per heavy atom. The van der Waals surface area contributed by atoms with Gasteiger partial charge in [-0.3, -0.25) is 9.59 Å². The molecule has 0 bridgehead atoms. The maximum absolute atomic E-state index is 12.4. The van der Waals surface area contributed by atoms with E-state index in [1.807, 2.05) is 36.9 Å². The van der Waals surface area contributed by atoms with Crippen molar-refractivity contribution in [2.45, 2.75) is 46.0 Å². The van der Waals surface area contributed by atoms with E-state index in [4.69, 9.17) is 0 Å². The molecule has 1 heterocycles. The lowest BCUT2D eigenvalue weighted by molar-refractivity contribution is -0.133. The SMILES string of the molecule is CC(C)C(=O)NC[C@H]1CCCN(C(=O)CCCc2ccccc2)C1. The number of hydrogen-bond acceptors (Lipinski definition) is 2. The molecule has 132 valence electrons. The Bertz CT molecular complexity index is 528. The van der Waals surface area contributed by atoms with Crippen LogP contribution < -0.4 is 5.32 Å². The van der Waals surface area contributed by atoms with Crippen LogP contribution in [0, 0.1) is 11.8 Å². The zero-order valence-corrected chi connectivity index (χ0v) is 15.0. The summed E-state index contributed by atoms with van der Waals surface area (Å²) in [5.74, 6) is 0.760. The van der Waals surface area contributed by atoms with Gasteiger partial charge in [-0.1, -0.05) is 44.2 Å². The molecule has 0 unspecified atom stereocenters. The Hall–Kier alpha value is -1.84. The van der Waals surface area contributed by atoms with E-state index in [-0.39, 0.29) is 17.7 Å². The topological polar surface area (TPSA) is 49.4 Å². The highest BCUT2D eigenvalue weighted by atomic mass is 16.2. The van der Waals surface area contributed by atoms with Gasteiger partial charge in [0.15, 0.2) is 0 Å². The molecule has 0 saturated carbocycles. The number of nitrogens with zero attached hydrogens (tertiary/aromatic N) is 1. The second-order valence-corrected chi connectivity index (χ2v) is 7.09. The van der Waals surface area contributed by atoms with Gasteiger partial charge in [-0.25, -0.2) is 0 Å². The third-order valence-corrected chi connectivity index (χ3v) is 4.66. The molecule has 4 heteroatoms. The molecule has 1 aromatic carbocycles. The van der Waals surface area contributed by atoms with Crippen LogP contribution in [0.5, 0.6) is 0 Å². The van der Waals surface area contributed by atoms with Crippen LogP contribution in [0.1, 0.15) is 45.1 Å². The monoisotopic (exact) mass is 330 g/mol. The molecular formula is C20H30N2O2. The van der Waals surface area contributed by atoms with Crippen LogP contribution in [0.4, 0.5) is 0 Å². The normalized spacial score (nSPS) is 17.8. The number of nitrogens with one attached hydrogen (secondary N) is 1. The highest BCUT2D eigenvalue weighted by Crippen LogP contribution is 2.17. The molecule has 0 aliphatic carbocycles. The molecule has 2 rings (SSSR count). The molecule has 1 saturated heterocycles. The number of carbonyl (C=O) groups is 2. The number of amides is 2. The number of likely N-dealkylation sites (tertiary alicyclic amines) is 1. The molecule has 0 spiro atoms. The number of hydrogen-bond donors (Lipinski definition) is 1. The van der Waals surface area contributed by atoms with Crippen molar-refractivity contribution >= 4 is 11.8 Å². The minimum atomic E-state index is 0.0179. The van der Waals surface area contributed by atoms with E-state index < -0.39 is 0 Å². The Morgan fingerprint density at radius 2 is 2.00 bits per heavy atom. The van der Waals surface area contributed by atoms with Gasteiger partial charge in [-0.2, -0.15) is 0 Å². The van der Waals surface area contributed by atoms with Gasteiger partial charge < -0.3 is 10.2 Å². The van der Waals surface area contributed by atoms with Gasteiger partial charge in [0.1, 0.15) is 0 Å². The average Bonchev–Trinajstić information content (AvgIpc) is 2.60. The fourth-order valence-electron chi connectivity index (χ4n) is 3.15. The molecule has 2 amide bonds. The first-order chi connectivity index (χ1) is 11.6. The molecule has 1 N–H and O–H groups in total. The van der Waals surface area contributed by atoms with Crippen molar-refractivity contribution in [2.24, 2.45) is 11.8 Å². The third-order valence-electron chi connectivity index (χ3n) is 4.66. The summed E-state index contributed by atoms with van der Waals surface area (Å²) in [7, 11) is 0. The maximum atomic E-state index is 12.4. The zero-order valence-electron chi connectivity index (χ0n) is 15.0. The summed E-state index contributed by atoms with van der Waals surface area (Å²) in [5.41, 5.74) is 1.29. The van der Waals surface area contributed by atoms with Crippen LogP contribution >= 0.6 is 0 Å². The Kier molecular flexibility index (Phi) is 7.29. The van der Waals surface area contributed by atoms with Crippen molar-refractivity contribution in [2.75, 3.05) is 19.6 Å². The van der Waals surface area contributed by atoms with Gasteiger partial charge in [-0.05, 0) is 37.2 Å². The van der Waals surface area contributed by atoms with E-state index in [9.17, 15) is 9.59 Å². The summed E-state index contributed by atoms with van der Waals surface area (Å²) >= 11 is 0. The minimum Gasteiger partial charge on any atom is -0.356 e. The molecular weight excluding hydrogens is 300 g/mol. The van der Waals surface area contributed by atoms with Gasteiger partial charge >= 0.3 is 0 Å². The molecule has 0 radical (unpaired) electrons. The first kappa shape index (κ1) is 18.5. The molecule has 1 fully saturated rings.